The van der Waals surface area contributed by atoms with Crippen LogP contribution in [0, 0.1) is 5.92 Å². The normalized spacial score (nSPS) is 16.4. The molecule has 0 heterocycles. The van der Waals surface area contributed by atoms with Crippen LogP contribution in [0.15, 0.2) is 18.2 Å². The number of benzene rings is 1. The summed E-state index contributed by atoms with van der Waals surface area (Å²) in [7, 11) is 1.58. The second-order valence-corrected chi connectivity index (χ2v) is 4.21. The molecule has 0 bridgehead atoms. The Bertz CT molecular complexity index is 353. The molecule has 0 radical (unpaired) electrons. The van der Waals surface area contributed by atoms with Crippen molar-refractivity contribution < 1.29 is 9.84 Å². The van der Waals surface area contributed by atoms with Crippen molar-refractivity contribution in [2.45, 2.75) is 25.3 Å². The van der Waals surface area contributed by atoms with Gasteiger partial charge in [-0.2, -0.15) is 0 Å². The smallest absolute Gasteiger partial charge is 0.124 e. The maximum Gasteiger partial charge on any atom is 0.124 e. The van der Waals surface area contributed by atoms with E-state index >= 15 is 0 Å². The molecule has 90 valence electrons. The lowest BCUT2D eigenvalue weighted by Crippen LogP contribution is -2.11. The number of methoxy groups -OCH3 is 1. The van der Waals surface area contributed by atoms with Gasteiger partial charge in [-0.25, -0.2) is 0 Å². The number of phenols is 1. The lowest BCUT2D eigenvalue weighted by molar-refractivity contribution is 0.404. The van der Waals surface area contributed by atoms with E-state index in [9.17, 15) is 5.11 Å². The van der Waals surface area contributed by atoms with E-state index in [1.54, 1.807) is 13.2 Å². The maximum atomic E-state index is 9.77. The number of ether oxygens (including phenoxy) is 1. The molecule has 0 spiro atoms. The average molecular weight is 244 g/mol. The molecule has 1 aromatic carbocycles. The summed E-state index contributed by atoms with van der Waals surface area (Å²) in [5.74, 6) is 1.67. The van der Waals surface area contributed by atoms with Gasteiger partial charge in [-0.05, 0) is 18.4 Å². The van der Waals surface area contributed by atoms with Crippen LogP contribution in [0.4, 0.5) is 0 Å². The number of halogens is 1. The second kappa shape index (κ2) is 5.41. The summed E-state index contributed by atoms with van der Waals surface area (Å²) in [5, 5.41) is 9.77. The van der Waals surface area contributed by atoms with E-state index in [-0.39, 0.29) is 24.2 Å². The zero-order chi connectivity index (χ0) is 10.8. The highest BCUT2D eigenvalue weighted by molar-refractivity contribution is 5.85. The van der Waals surface area contributed by atoms with Crippen LogP contribution in [0.1, 0.15) is 30.9 Å². The van der Waals surface area contributed by atoms with Crippen molar-refractivity contribution in [3.63, 3.8) is 0 Å². The first-order valence-corrected chi connectivity index (χ1v) is 5.33. The molecule has 3 nitrogen and oxygen atoms in total. The van der Waals surface area contributed by atoms with Gasteiger partial charge in [0.2, 0.25) is 0 Å². The Kier molecular flexibility index (Phi) is 4.44. The summed E-state index contributed by atoms with van der Waals surface area (Å²) in [6.07, 6.45) is 3.54. The topological polar surface area (TPSA) is 55.5 Å². The third-order valence-corrected chi connectivity index (χ3v) is 2.92. The number of aromatic hydroxyl groups is 1. The highest BCUT2D eigenvalue weighted by Gasteiger charge is 2.25. The van der Waals surface area contributed by atoms with Crippen molar-refractivity contribution >= 4 is 12.4 Å². The van der Waals surface area contributed by atoms with Crippen LogP contribution in [0.3, 0.4) is 0 Å². The Balaban J connectivity index is 0.00000128. The minimum atomic E-state index is -0.0524. The molecular weight excluding hydrogens is 226 g/mol. The van der Waals surface area contributed by atoms with Gasteiger partial charge in [0.25, 0.3) is 0 Å². The lowest BCUT2D eigenvalue weighted by Gasteiger charge is -2.13. The first-order valence-electron chi connectivity index (χ1n) is 5.33. The van der Waals surface area contributed by atoms with Gasteiger partial charge in [-0.1, -0.05) is 18.9 Å². The number of hydrogen-bond acceptors (Lipinski definition) is 3. The van der Waals surface area contributed by atoms with Gasteiger partial charge in [0, 0.05) is 17.7 Å². The third kappa shape index (κ3) is 3.03. The van der Waals surface area contributed by atoms with E-state index in [0.29, 0.717) is 5.75 Å². The number of hydrogen-bond donors (Lipinski definition) is 2. The molecule has 1 fully saturated rings. The van der Waals surface area contributed by atoms with Crippen LogP contribution in [0.25, 0.3) is 0 Å². The Labute approximate surface area is 102 Å². The highest BCUT2D eigenvalue weighted by Crippen LogP contribution is 2.39. The Morgan fingerprint density at radius 2 is 2.19 bits per heavy atom. The number of phenolic OH excluding ortho intramolecular Hbond substituents is 1. The van der Waals surface area contributed by atoms with Crippen molar-refractivity contribution in [3.05, 3.63) is 23.8 Å². The van der Waals surface area contributed by atoms with Crippen LogP contribution in [0.2, 0.25) is 0 Å². The first kappa shape index (κ1) is 13.1. The van der Waals surface area contributed by atoms with E-state index in [1.807, 2.05) is 12.1 Å². The number of rotatable bonds is 4. The maximum absolute atomic E-state index is 9.77. The summed E-state index contributed by atoms with van der Waals surface area (Å²) >= 11 is 0. The van der Waals surface area contributed by atoms with Crippen molar-refractivity contribution in [3.8, 4) is 11.5 Å². The van der Waals surface area contributed by atoms with Gasteiger partial charge < -0.3 is 15.6 Å². The zero-order valence-electron chi connectivity index (χ0n) is 9.35. The molecule has 1 aliphatic carbocycles. The Morgan fingerprint density at radius 3 is 2.69 bits per heavy atom. The molecule has 3 N–H and O–H groups in total. The van der Waals surface area contributed by atoms with Gasteiger partial charge >= 0.3 is 0 Å². The first-order chi connectivity index (χ1) is 7.20. The van der Waals surface area contributed by atoms with Crippen molar-refractivity contribution in [2.24, 2.45) is 11.7 Å². The van der Waals surface area contributed by atoms with Crippen molar-refractivity contribution in [1.29, 1.82) is 0 Å². The van der Waals surface area contributed by atoms with E-state index in [1.165, 1.54) is 12.8 Å². The molecule has 0 saturated heterocycles. The highest BCUT2D eigenvalue weighted by atomic mass is 35.5. The molecule has 1 saturated carbocycles. The molecule has 2 rings (SSSR count). The van der Waals surface area contributed by atoms with Gasteiger partial charge in [0.1, 0.15) is 11.5 Å². The molecule has 0 amide bonds. The standard InChI is InChI=1S/C12H17NO2.ClH/c1-15-9-4-5-10(12(14)7-9)11(13)6-8-2-3-8;/h4-5,7-8,11,14H,2-3,6,13H2,1H3;1H/t11-;/m1./s1. The average Bonchev–Trinajstić information content (AvgIpc) is 3.01. The number of nitrogens with two attached hydrogens (primary N) is 1. The zero-order valence-corrected chi connectivity index (χ0v) is 10.2. The largest absolute Gasteiger partial charge is 0.507 e. The summed E-state index contributed by atoms with van der Waals surface area (Å²) in [6, 6.07) is 5.24. The molecule has 16 heavy (non-hydrogen) atoms. The van der Waals surface area contributed by atoms with Crippen LogP contribution in [-0.4, -0.2) is 12.2 Å². The summed E-state index contributed by atoms with van der Waals surface area (Å²) in [5.41, 5.74) is 6.85. The lowest BCUT2D eigenvalue weighted by atomic mass is 10.0. The predicted molar refractivity (Wildman–Crippen MR) is 66.2 cm³/mol. The van der Waals surface area contributed by atoms with Gasteiger partial charge in [0.05, 0.1) is 7.11 Å². The van der Waals surface area contributed by atoms with E-state index in [2.05, 4.69) is 0 Å². The Hall–Kier alpha value is -0.930. The SMILES string of the molecule is COc1ccc([C@H](N)CC2CC2)c(O)c1.Cl. The summed E-state index contributed by atoms with van der Waals surface area (Å²) in [4.78, 5) is 0. The van der Waals surface area contributed by atoms with Crippen LogP contribution >= 0.6 is 12.4 Å². The molecular formula is C12H18ClNO2. The van der Waals surface area contributed by atoms with Crippen LogP contribution in [0.5, 0.6) is 11.5 Å². The van der Waals surface area contributed by atoms with E-state index in [4.69, 9.17) is 10.5 Å². The van der Waals surface area contributed by atoms with E-state index < -0.39 is 0 Å². The second-order valence-electron chi connectivity index (χ2n) is 4.21. The molecule has 0 unspecified atom stereocenters. The molecule has 0 aliphatic heterocycles. The quantitative estimate of drug-likeness (QED) is 0.855. The fourth-order valence-corrected chi connectivity index (χ4v) is 1.80. The minimum Gasteiger partial charge on any atom is -0.507 e. The minimum absolute atomic E-state index is 0. The van der Waals surface area contributed by atoms with Crippen LogP contribution in [-0.2, 0) is 0 Å². The molecule has 1 atom stereocenters. The van der Waals surface area contributed by atoms with Gasteiger partial charge in [-0.3, -0.25) is 0 Å². The molecule has 1 aliphatic rings. The summed E-state index contributed by atoms with van der Waals surface area (Å²) in [6.45, 7) is 0. The van der Waals surface area contributed by atoms with E-state index in [0.717, 1.165) is 17.9 Å². The third-order valence-electron chi connectivity index (χ3n) is 2.92. The fourth-order valence-electron chi connectivity index (χ4n) is 1.80. The molecule has 1 aromatic rings. The van der Waals surface area contributed by atoms with Gasteiger partial charge in [0.15, 0.2) is 0 Å². The van der Waals surface area contributed by atoms with Crippen molar-refractivity contribution in [2.75, 3.05) is 7.11 Å². The predicted octanol–water partition coefficient (Wildman–Crippen LogP) is 2.62. The van der Waals surface area contributed by atoms with Crippen LogP contribution < -0.4 is 10.5 Å². The monoisotopic (exact) mass is 243 g/mol. The van der Waals surface area contributed by atoms with Gasteiger partial charge in [-0.15, -0.1) is 12.4 Å². The molecule has 0 aromatic heterocycles. The molecule has 4 heteroatoms. The Morgan fingerprint density at radius 1 is 1.50 bits per heavy atom. The fraction of sp³-hybridized carbons (Fsp3) is 0.500. The van der Waals surface area contributed by atoms with Crippen molar-refractivity contribution in [1.82, 2.24) is 0 Å². The summed E-state index contributed by atoms with van der Waals surface area (Å²) < 4.78 is 5.02.